The number of likely N-dealkylation sites (tertiary alicyclic amines) is 1. The molecule has 3 unspecified atom stereocenters. The lowest BCUT2D eigenvalue weighted by Gasteiger charge is -2.34. The Kier molecular flexibility index (Phi) is 7.33. The van der Waals surface area contributed by atoms with Gasteiger partial charge in [0.05, 0.1) is 11.1 Å². The molecule has 1 aromatic carbocycles. The number of hydrogen-bond donors (Lipinski definition) is 1. The van der Waals surface area contributed by atoms with Gasteiger partial charge >= 0.3 is 5.97 Å². The smallest absolute Gasteiger partial charge is 0.324 e. The van der Waals surface area contributed by atoms with Crippen molar-refractivity contribution in [3.05, 3.63) is 35.4 Å². The molecule has 0 bridgehead atoms. The van der Waals surface area contributed by atoms with Gasteiger partial charge in [-0.15, -0.1) is 12.4 Å². The zero-order valence-corrected chi connectivity index (χ0v) is 17.5. The summed E-state index contributed by atoms with van der Waals surface area (Å²) in [5.74, 6) is -3.28. The molecule has 1 saturated heterocycles. The van der Waals surface area contributed by atoms with Crippen LogP contribution in [0.25, 0.3) is 0 Å². The Morgan fingerprint density at radius 3 is 2.27 bits per heavy atom. The van der Waals surface area contributed by atoms with Crippen molar-refractivity contribution in [1.29, 1.82) is 0 Å². The number of benzene rings is 1. The molecular formula is C20H24ClN3O6. The molecule has 0 spiro atoms. The van der Waals surface area contributed by atoms with E-state index >= 15 is 0 Å². The van der Waals surface area contributed by atoms with Gasteiger partial charge in [-0.2, -0.15) is 0 Å². The SMILES string of the molecule is CCC(C)C(N)C(=O)OCN1C(=O)CCC(N2C(=O)c3ccccc3C2=O)C1=O.Cl. The summed E-state index contributed by atoms with van der Waals surface area (Å²) in [7, 11) is 0. The third-order valence-electron chi connectivity index (χ3n) is 5.49. The van der Waals surface area contributed by atoms with E-state index < -0.39 is 48.4 Å². The third kappa shape index (κ3) is 4.08. The standard InChI is InChI=1S/C20H23N3O6.ClH/c1-3-11(2)16(21)20(28)29-10-22-15(24)9-8-14(19(22)27)23-17(25)12-6-4-5-7-13(12)18(23)26;/h4-7,11,14,16H,3,8-10,21H2,1-2H3;1H. The second-order valence-corrected chi connectivity index (χ2v) is 7.24. The molecule has 3 atom stereocenters. The maximum atomic E-state index is 12.9. The minimum atomic E-state index is -1.12. The average molecular weight is 438 g/mol. The molecule has 2 aliphatic heterocycles. The van der Waals surface area contributed by atoms with Gasteiger partial charge < -0.3 is 10.5 Å². The van der Waals surface area contributed by atoms with Crippen LogP contribution in [0.1, 0.15) is 53.8 Å². The molecule has 30 heavy (non-hydrogen) atoms. The Hall–Kier alpha value is -2.78. The first-order valence-corrected chi connectivity index (χ1v) is 9.51. The second kappa shape index (κ2) is 9.36. The molecule has 0 saturated carbocycles. The first kappa shape index (κ1) is 23.5. The molecule has 3 rings (SSSR count). The van der Waals surface area contributed by atoms with Gasteiger partial charge in [0, 0.05) is 6.42 Å². The van der Waals surface area contributed by atoms with Crippen molar-refractivity contribution >= 4 is 42.0 Å². The van der Waals surface area contributed by atoms with Gasteiger partial charge in [-0.1, -0.05) is 32.4 Å². The van der Waals surface area contributed by atoms with Crippen LogP contribution in [0.3, 0.4) is 0 Å². The lowest BCUT2D eigenvalue weighted by atomic mass is 10.0. The maximum absolute atomic E-state index is 12.9. The van der Waals surface area contributed by atoms with Crippen molar-refractivity contribution < 1.29 is 28.7 Å². The highest BCUT2D eigenvalue weighted by molar-refractivity contribution is 6.23. The number of fused-ring (bicyclic) bond motifs is 1. The molecule has 1 fully saturated rings. The summed E-state index contributed by atoms with van der Waals surface area (Å²) in [6.07, 6.45) is 0.637. The normalized spacial score (nSPS) is 20.6. The fourth-order valence-corrected chi connectivity index (χ4v) is 3.40. The number of nitrogens with two attached hydrogens (primary N) is 1. The number of hydrogen-bond acceptors (Lipinski definition) is 7. The molecule has 162 valence electrons. The highest BCUT2D eigenvalue weighted by Crippen LogP contribution is 2.29. The number of halogens is 1. The molecular weight excluding hydrogens is 414 g/mol. The van der Waals surface area contributed by atoms with Crippen LogP contribution in [0.15, 0.2) is 24.3 Å². The lowest BCUT2D eigenvalue weighted by Crippen LogP contribution is -2.57. The van der Waals surface area contributed by atoms with Crippen molar-refractivity contribution in [3.8, 4) is 0 Å². The summed E-state index contributed by atoms with van der Waals surface area (Å²) >= 11 is 0. The molecule has 1 aromatic rings. The summed E-state index contributed by atoms with van der Waals surface area (Å²) in [6.45, 7) is 3.07. The Balaban J connectivity index is 0.00000320. The molecule has 0 aliphatic carbocycles. The molecule has 0 aromatic heterocycles. The molecule has 10 heteroatoms. The predicted molar refractivity (Wildman–Crippen MR) is 107 cm³/mol. The lowest BCUT2D eigenvalue weighted by molar-refractivity contribution is -0.164. The maximum Gasteiger partial charge on any atom is 0.324 e. The van der Waals surface area contributed by atoms with E-state index in [4.69, 9.17) is 10.5 Å². The topological polar surface area (TPSA) is 127 Å². The van der Waals surface area contributed by atoms with Crippen LogP contribution in [-0.4, -0.2) is 58.2 Å². The largest absolute Gasteiger partial charge is 0.443 e. The van der Waals surface area contributed by atoms with Crippen LogP contribution in [-0.2, 0) is 19.1 Å². The zero-order chi connectivity index (χ0) is 21.3. The second-order valence-electron chi connectivity index (χ2n) is 7.24. The molecule has 0 radical (unpaired) electrons. The Morgan fingerprint density at radius 1 is 1.17 bits per heavy atom. The van der Waals surface area contributed by atoms with Gasteiger partial charge in [0.1, 0.15) is 12.1 Å². The number of piperidine rings is 1. The van der Waals surface area contributed by atoms with E-state index in [1.807, 2.05) is 6.92 Å². The molecule has 4 amide bonds. The van der Waals surface area contributed by atoms with Crippen molar-refractivity contribution in [2.75, 3.05) is 6.73 Å². The number of imide groups is 2. The van der Waals surface area contributed by atoms with Crippen molar-refractivity contribution in [3.63, 3.8) is 0 Å². The Bertz CT molecular complexity index is 854. The van der Waals surface area contributed by atoms with Crippen molar-refractivity contribution in [2.45, 2.75) is 45.2 Å². The monoisotopic (exact) mass is 437 g/mol. The van der Waals surface area contributed by atoms with Crippen LogP contribution in [0.5, 0.6) is 0 Å². The van der Waals surface area contributed by atoms with Gasteiger partial charge in [0.15, 0.2) is 6.73 Å². The summed E-state index contributed by atoms with van der Waals surface area (Å²) in [5.41, 5.74) is 6.25. The third-order valence-corrected chi connectivity index (χ3v) is 5.49. The predicted octanol–water partition coefficient (Wildman–Crippen LogP) is 1.10. The number of nitrogens with zero attached hydrogens (tertiary/aromatic N) is 2. The van der Waals surface area contributed by atoms with Gasteiger partial charge in [-0.3, -0.25) is 28.9 Å². The van der Waals surface area contributed by atoms with E-state index in [1.54, 1.807) is 19.1 Å². The minimum absolute atomic E-state index is 0. The van der Waals surface area contributed by atoms with Gasteiger partial charge in [-0.05, 0) is 24.5 Å². The highest BCUT2D eigenvalue weighted by atomic mass is 35.5. The number of esters is 1. The van der Waals surface area contributed by atoms with E-state index in [2.05, 4.69) is 0 Å². The number of ether oxygens (including phenoxy) is 1. The van der Waals surface area contributed by atoms with E-state index in [1.165, 1.54) is 12.1 Å². The van der Waals surface area contributed by atoms with Crippen LogP contribution < -0.4 is 5.73 Å². The zero-order valence-electron chi connectivity index (χ0n) is 16.7. The van der Waals surface area contributed by atoms with Crippen LogP contribution in [0.4, 0.5) is 0 Å². The quantitative estimate of drug-likeness (QED) is 0.521. The van der Waals surface area contributed by atoms with Crippen molar-refractivity contribution in [2.24, 2.45) is 11.7 Å². The Morgan fingerprint density at radius 2 is 1.73 bits per heavy atom. The van der Waals surface area contributed by atoms with Gasteiger partial charge in [-0.25, -0.2) is 4.90 Å². The first-order chi connectivity index (χ1) is 13.8. The summed E-state index contributed by atoms with van der Waals surface area (Å²) < 4.78 is 5.07. The summed E-state index contributed by atoms with van der Waals surface area (Å²) in [4.78, 5) is 64.1. The highest BCUT2D eigenvalue weighted by Gasteiger charge is 2.47. The van der Waals surface area contributed by atoms with Gasteiger partial charge in [0.25, 0.3) is 17.7 Å². The number of carbonyl (C=O) groups excluding carboxylic acids is 5. The van der Waals surface area contributed by atoms with E-state index in [0.29, 0.717) is 6.42 Å². The first-order valence-electron chi connectivity index (χ1n) is 9.51. The van der Waals surface area contributed by atoms with E-state index in [0.717, 1.165) is 9.80 Å². The number of carbonyl (C=O) groups is 5. The van der Waals surface area contributed by atoms with E-state index in [9.17, 15) is 24.0 Å². The van der Waals surface area contributed by atoms with Gasteiger partial charge in [0.2, 0.25) is 5.91 Å². The summed E-state index contributed by atoms with van der Waals surface area (Å²) in [5, 5.41) is 0. The van der Waals surface area contributed by atoms with Crippen LogP contribution in [0.2, 0.25) is 0 Å². The Labute approximate surface area is 179 Å². The van der Waals surface area contributed by atoms with Crippen LogP contribution >= 0.6 is 12.4 Å². The fourth-order valence-electron chi connectivity index (χ4n) is 3.40. The van der Waals surface area contributed by atoms with E-state index in [-0.39, 0.29) is 42.3 Å². The number of rotatable bonds is 6. The molecule has 2 heterocycles. The molecule has 2 aliphatic rings. The van der Waals surface area contributed by atoms with Crippen molar-refractivity contribution in [1.82, 2.24) is 9.80 Å². The molecule has 9 nitrogen and oxygen atoms in total. The molecule has 2 N–H and O–H groups in total. The number of amides is 4. The average Bonchev–Trinajstić information content (AvgIpc) is 2.97. The summed E-state index contributed by atoms with van der Waals surface area (Å²) in [6, 6.07) is 4.30. The minimum Gasteiger partial charge on any atom is -0.443 e. The van der Waals surface area contributed by atoms with Crippen LogP contribution in [0, 0.1) is 5.92 Å². The fraction of sp³-hybridized carbons (Fsp3) is 0.450.